The van der Waals surface area contributed by atoms with E-state index >= 15 is 0 Å². The van der Waals surface area contributed by atoms with Gasteiger partial charge < -0.3 is 10.1 Å². The number of benzene rings is 1. The average Bonchev–Trinajstić information content (AvgIpc) is 2.63. The molecule has 0 aromatic heterocycles. The summed E-state index contributed by atoms with van der Waals surface area (Å²) in [6.45, 7) is 7.01. The van der Waals surface area contributed by atoms with Crippen molar-refractivity contribution < 1.29 is 9.53 Å². The molecule has 2 rings (SSSR count). The minimum absolute atomic E-state index is 0.318. The fraction of sp³-hybridized carbons (Fsp3) is 0.462. The first kappa shape index (κ1) is 14.0. The highest BCUT2D eigenvalue weighted by atomic mass is 79.9. The normalized spacial score (nSPS) is 12.9. The van der Waals surface area contributed by atoms with Gasteiger partial charge in [0.25, 0.3) is 6.47 Å². The zero-order valence-corrected chi connectivity index (χ0v) is 12.0. The van der Waals surface area contributed by atoms with Crippen molar-refractivity contribution in [1.29, 1.82) is 0 Å². The van der Waals surface area contributed by atoms with Crippen molar-refractivity contribution in [3.63, 3.8) is 0 Å². The molecule has 0 atom stereocenters. The predicted molar refractivity (Wildman–Crippen MR) is 73.2 cm³/mol. The van der Waals surface area contributed by atoms with Crippen LogP contribution in [0.25, 0.3) is 0 Å². The SMILES string of the molecule is Brc1ccc2c(c1)CCN2.CC(C)(C)OC=O. The molecule has 1 N–H and O–H groups in total. The Hall–Kier alpha value is -1.03. The molecule has 1 aliphatic heterocycles. The fourth-order valence-corrected chi connectivity index (χ4v) is 1.83. The number of carbonyl (C=O) groups is 1. The van der Waals surface area contributed by atoms with Gasteiger partial charge in [0.05, 0.1) is 0 Å². The molecule has 1 heterocycles. The summed E-state index contributed by atoms with van der Waals surface area (Å²) in [4.78, 5) is 9.60. The lowest BCUT2D eigenvalue weighted by Crippen LogP contribution is -2.17. The molecule has 0 saturated carbocycles. The van der Waals surface area contributed by atoms with Crippen LogP contribution in [0.4, 0.5) is 5.69 Å². The summed E-state index contributed by atoms with van der Waals surface area (Å²) in [5, 5.41) is 3.31. The molecule has 0 aliphatic carbocycles. The van der Waals surface area contributed by atoms with Crippen LogP contribution in [0.3, 0.4) is 0 Å². The van der Waals surface area contributed by atoms with Crippen LogP contribution in [-0.4, -0.2) is 18.6 Å². The van der Waals surface area contributed by atoms with Gasteiger partial charge in [0.15, 0.2) is 0 Å². The van der Waals surface area contributed by atoms with E-state index in [-0.39, 0.29) is 5.60 Å². The lowest BCUT2D eigenvalue weighted by Gasteiger charge is -2.14. The molecule has 1 aromatic rings. The van der Waals surface area contributed by atoms with E-state index in [1.807, 2.05) is 20.8 Å². The molecule has 0 saturated heterocycles. The zero-order chi connectivity index (χ0) is 12.9. The molecule has 0 fully saturated rings. The van der Waals surface area contributed by atoms with Crippen LogP contribution in [0.1, 0.15) is 26.3 Å². The van der Waals surface area contributed by atoms with Gasteiger partial charge in [-0.2, -0.15) is 0 Å². The summed E-state index contributed by atoms with van der Waals surface area (Å²) < 4.78 is 5.72. The third-order valence-electron chi connectivity index (χ3n) is 2.18. The van der Waals surface area contributed by atoms with Gasteiger partial charge in [0.2, 0.25) is 0 Å². The molecule has 0 bridgehead atoms. The molecule has 3 nitrogen and oxygen atoms in total. The largest absolute Gasteiger partial charge is 0.462 e. The molecular formula is C13H18BrNO2. The number of ether oxygens (including phenoxy) is 1. The van der Waals surface area contributed by atoms with E-state index in [1.54, 1.807) is 0 Å². The second kappa shape index (κ2) is 6.05. The summed E-state index contributed by atoms with van der Waals surface area (Å²) >= 11 is 3.44. The Morgan fingerprint density at radius 3 is 2.65 bits per heavy atom. The van der Waals surface area contributed by atoms with E-state index in [0.717, 1.165) is 13.0 Å². The van der Waals surface area contributed by atoms with Crippen LogP contribution in [-0.2, 0) is 16.0 Å². The van der Waals surface area contributed by atoms with Crippen molar-refractivity contribution in [2.75, 3.05) is 11.9 Å². The number of anilines is 1. The van der Waals surface area contributed by atoms with Crippen LogP contribution in [0.15, 0.2) is 22.7 Å². The monoisotopic (exact) mass is 299 g/mol. The van der Waals surface area contributed by atoms with E-state index < -0.39 is 0 Å². The molecule has 4 heteroatoms. The third-order valence-corrected chi connectivity index (χ3v) is 2.67. The topological polar surface area (TPSA) is 38.3 Å². The molecule has 0 unspecified atom stereocenters. The highest BCUT2D eigenvalue weighted by Gasteiger charge is 2.08. The van der Waals surface area contributed by atoms with Gasteiger partial charge in [-0.25, -0.2) is 0 Å². The van der Waals surface area contributed by atoms with Gasteiger partial charge in [-0.05, 0) is 51.0 Å². The Bertz CT molecular complexity index is 385. The number of hydrogen-bond donors (Lipinski definition) is 1. The molecule has 1 aliphatic rings. The first-order valence-corrected chi connectivity index (χ1v) is 6.35. The summed E-state index contributed by atoms with van der Waals surface area (Å²) in [7, 11) is 0. The fourth-order valence-electron chi connectivity index (χ4n) is 1.42. The summed E-state index contributed by atoms with van der Waals surface area (Å²) in [5.74, 6) is 0. The number of hydrogen-bond acceptors (Lipinski definition) is 3. The minimum Gasteiger partial charge on any atom is -0.462 e. The maximum atomic E-state index is 9.60. The van der Waals surface area contributed by atoms with Crippen molar-refractivity contribution in [2.45, 2.75) is 32.8 Å². The molecule has 0 spiro atoms. The number of rotatable bonds is 1. The number of nitrogens with one attached hydrogen (secondary N) is 1. The first-order chi connectivity index (χ1) is 7.92. The lowest BCUT2D eigenvalue weighted by atomic mass is 10.2. The summed E-state index contributed by atoms with van der Waals surface area (Å²) in [6, 6.07) is 6.36. The Morgan fingerprint density at radius 2 is 2.12 bits per heavy atom. The van der Waals surface area contributed by atoms with E-state index in [1.165, 1.54) is 15.7 Å². The van der Waals surface area contributed by atoms with Gasteiger partial charge in [0.1, 0.15) is 5.60 Å². The average molecular weight is 300 g/mol. The molecular weight excluding hydrogens is 282 g/mol. The van der Waals surface area contributed by atoms with E-state index in [9.17, 15) is 4.79 Å². The van der Waals surface area contributed by atoms with E-state index in [2.05, 4.69) is 44.2 Å². The Kier molecular flexibility index (Phi) is 5.00. The van der Waals surface area contributed by atoms with Crippen LogP contribution >= 0.6 is 15.9 Å². The maximum absolute atomic E-state index is 9.60. The number of carbonyl (C=O) groups excluding carboxylic acids is 1. The van der Waals surface area contributed by atoms with Gasteiger partial charge >= 0.3 is 0 Å². The van der Waals surface area contributed by atoms with Crippen molar-refractivity contribution in [1.82, 2.24) is 0 Å². The van der Waals surface area contributed by atoms with E-state index in [0.29, 0.717) is 6.47 Å². The zero-order valence-electron chi connectivity index (χ0n) is 10.4. The van der Waals surface area contributed by atoms with Crippen molar-refractivity contribution >= 4 is 28.1 Å². The summed E-state index contributed by atoms with van der Waals surface area (Å²) in [6.07, 6.45) is 1.16. The Labute approximate surface area is 111 Å². The van der Waals surface area contributed by atoms with Crippen molar-refractivity contribution in [3.05, 3.63) is 28.2 Å². The highest BCUT2D eigenvalue weighted by molar-refractivity contribution is 9.10. The van der Waals surface area contributed by atoms with Gasteiger partial charge in [-0.3, -0.25) is 4.79 Å². The van der Waals surface area contributed by atoms with E-state index in [4.69, 9.17) is 0 Å². The second-order valence-corrected chi connectivity index (χ2v) is 5.72. The molecule has 17 heavy (non-hydrogen) atoms. The van der Waals surface area contributed by atoms with Crippen molar-refractivity contribution in [3.8, 4) is 0 Å². The Balaban J connectivity index is 0.000000185. The summed E-state index contributed by atoms with van der Waals surface area (Å²) in [5.41, 5.74) is 2.40. The van der Waals surface area contributed by atoms with Gasteiger partial charge in [0, 0.05) is 16.7 Å². The van der Waals surface area contributed by atoms with Crippen LogP contribution in [0.5, 0.6) is 0 Å². The molecule has 94 valence electrons. The van der Waals surface area contributed by atoms with Crippen LogP contribution in [0, 0.1) is 0 Å². The smallest absolute Gasteiger partial charge is 0.293 e. The number of fused-ring (bicyclic) bond motifs is 1. The Morgan fingerprint density at radius 1 is 1.41 bits per heavy atom. The van der Waals surface area contributed by atoms with Crippen LogP contribution in [0.2, 0.25) is 0 Å². The quantitative estimate of drug-likeness (QED) is 0.808. The molecule has 0 radical (unpaired) electrons. The van der Waals surface area contributed by atoms with Gasteiger partial charge in [-0.1, -0.05) is 15.9 Å². The maximum Gasteiger partial charge on any atom is 0.293 e. The highest BCUT2D eigenvalue weighted by Crippen LogP contribution is 2.24. The molecule has 0 amide bonds. The van der Waals surface area contributed by atoms with Crippen molar-refractivity contribution in [2.24, 2.45) is 0 Å². The third kappa shape index (κ3) is 5.22. The second-order valence-electron chi connectivity index (χ2n) is 4.80. The molecule has 1 aromatic carbocycles. The number of halogens is 1. The van der Waals surface area contributed by atoms with Crippen LogP contribution < -0.4 is 5.32 Å². The standard InChI is InChI=1S/C8H8BrN.C5H10O2/c9-7-1-2-8-6(5-7)3-4-10-8;1-5(2,3)7-4-6/h1-2,5,10H,3-4H2;4H,1-3H3. The minimum atomic E-state index is -0.318. The predicted octanol–water partition coefficient (Wildman–Crippen LogP) is 3.38. The van der Waals surface area contributed by atoms with Gasteiger partial charge in [-0.15, -0.1) is 0 Å². The first-order valence-electron chi connectivity index (χ1n) is 5.56. The lowest BCUT2D eigenvalue weighted by molar-refractivity contribution is -0.138.